The number of nitrogens with zero attached hydrogens (tertiary/aromatic N) is 1. The fourth-order valence-electron chi connectivity index (χ4n) is 3.03. The molecule has 2 aromatic carbocycles. The Morgan fingerprint density at radius 2 is 1.54 bits per heavy atom. The first-order valence-corrected chi connectivity index (χ1v) is 9.65. The van der Waals surface area contributed by atoms with Crippen molar-refractivity contribution in [2.45, 2.75) is 5.25 Å². The van der Waals surface area contributed by atoms with Crippen molar-refractivity contribution < 1.29 is 28.8 Å². The molecular weight excluding hydrogens is 402 g/mol. The predicted molar refractivity (Wildman–Crippen MR) is 105 cm³/mol. The summed E-state index contributed by atoms with van der Waals surface area (Å²) in [6.07, 6.45) is 0. The van der Waals surface area contributed by atoms with Crippen molar-refractivity contribution in [3.05, 3.63) is 41.4 Å². The molecule has 1 N–H and O–H groups in total. The second kappa shape index (κ2) is 6.61. The third-order valence-corrected chi connectivity index (χ3v) is 6.20. The first-order valence-electron chi connectivity index (χ1n) is 8.32. The fourth-order valence-corrected chi connectivity index (χ4v) is 4.31. The summed E-state index contributed by atoms with van der Waals surface area (Å²) in [5.74, 6) is 1.57. The highest BCUT2D eigenvalue weighted by Gasteiger charge is 2.25. The Kier molecular flexibility index (Phi) is 4.06. The number of thiazole rings is 1. The Morgan fingerprint density at radius 1 is 0.964 bits per heavy atom. The largest absolute Gasteiger partial charge is 0.480 e. The predicted octanol–water partition coefficient (Wildman–Crippen LogP) is 3.99. The van der Waals surface area contributed by atoms with Gasteiger partial charge in [-0.25, -0.2) is 4.98 Å². The number of thiol groups is 1. The summed E-state index contributed by atoms with van der Waals surface area (Å²) in [7, 11) is 0. The Morgan fingerprint density at radius 3 is 2.18 bits per heavy atom. The molecule has 142 valence electrons. The van der Waals surface area contributed by atoms with Gasteiger partial charge in [-0.3, -0.25) is 4.79 Å². The number of fused-ring (bicyclic) bond motifs is 2. The quantitative estimate of drug-likeness (QED) is 0.623. The molecule has 0 radical (unpaired) electrons. The highest BCUT2D eigenvalue weighted by atomic mass is 32.1. The van der Waals surface area contributed by atoms with E-state index in [0.29, 0.717) is 33.7 Å². The molecule has 2 aliphatic heterocycles. The van der Waals surface area contributed by atoms with Gasteiger partial charge in [0.15, 0.2) is 28.2 Å². The third kappa shape index (κ3) is 2.83. The Bertz CT molecular complexity index is 1020. The number of carbonyl (C=O) groups is 1. The molecule has 0 bridgehead atoms. The summed E-state index contributed by atoms with van der Waals surface area (Å²) in [5.41, 5.74) is 2.30. The van der Waals surface area contributed by atoms with Gasteiger partial charge in [-0.2, -0.15) is 12.6 Å². The maximum atomic E-state index is 11.4. The van der Waals surface area contributed by atoms with E-state index in [1.165, 1.54) is 11.3 Å². The summed E-state index contributed by atoms with van der Waals surface area (Å²) in [6, 6.07) is 11.1. The minimum Gasteiger partial charge on any atom is -0.480 e. The van der Waals surface area contributed by atoms with Gasteiger partial charge in [-0.1, -0.05) is 0 Å². The van der Waals surface area contributed by atoms with Crippen LogP contribution in [0.25, 0.3) is 21.7 Å². The summed E-state index contributed by atoms with van der Waals surface area (Å²) >= 11 is 5.47. The monoisotopic (exact) mass is 415 g/mol. The van der Waals surface area contributed by atoms with Crippen molar-refractivity contribution in [1.82, 2.24) is 4.98 Å². The highest BCUT2D eigenvalue weighted by molar-refractivity contribution is 7.81. The molecule has 9 heteroatoms. The van der Waals surface area contributed by atoms with Gasteiger partial charge in [0.25, 0.3) is 0 Å². The molecule has 0 amide bonds. The number of carboxylic acid groups (broad SMARTS) is 1. The highest BCUT2D eigenvalue weighted by Crippen LogP contribution is 2.45. The van der Waals surface area contributed by atoms with Crippen molar-refractivity contribution in [2.24, 2.45) is 0 Å². The summed E-state index contributed by atoms with van der Waals surface area (Å²) in [6.45, 7) is 0.354. The third-order valence-electron chi connectivity index (χ3n) is 4.39. The SMILES string of the molecule is O=C(O)C(S)c1nc(-c2ccc3c(c2)OCO3)c(-c2ccc3c(c2)OCO3)s1. The van der Waals surface area contributed by atoms with Gasteiger partial charge < -0.3 is 24.1 Å². The van der Waals surface area contributed by atoms with Crippen LogP contribution in [-0.2, 0) is 4.79 Å². The zero-order chi connectivity index (χ0) is 19.3. The zero-order valence-corrected chi connectivity index (χ0v) is 16.0. The molecule has 1 atom stereocenters. The summed E-state index contributed by atoms with van der Waals surface area (Å²) in [5, 5.41) is 8.73. The van der Waals surface area contributed by atoms with E-state index in [1.54, 1.807) is 0 Å². The van der Waals surface area contributed by atoms with Crippen LogP contribution in [0.1, 0.15) is 10.3 Å². The van der Waals surface area contributed by atoms with Crippen LogP contribution in [0.3, 0.4) is 0 Å². The van der Waals surface area contributed by atoms with Crippen LogP contribution in [0, 0.1) is 0 Å². The second-order valence-corrected chi connectivity index (χ2v) is 7.65. The number of hydrogen-bond acceptors (Lipinski definition) is 8. The molecule has 1 aromatic heterocycles. The van der Waals surface area contributed by atoms with E-state index in [0.717, 1.165) is 16.0 Å². The van der Waals surface area contributed by atoms with E-state index < -0.39 is 11.2 Å². The van der Waals surface area contributed by atoms with Crippen molar-refractivity contribution in [3.63, 3.8) is 0 Å². The average molecular weight is 415 g/mol. The topological polar surface area (TPSA) is 87.1 Å². The number of aliphatic carboxylic acids is 1. The van der Waals surface area contributed by atoms with Crippen LogP contribution in [0.4, 0.5) is 0 Å². The Labute approximate surface area is 168 Å². The van der Waals surface area contributed by atoms with Gasteiger partial charge >= 0.3 is 5.97 Å². The zero-order valence-electron chi connectivity index (χ0n) is 14.2. The maximum Gasteiger partial charge on any atom is 0.323 e. The van der Waals surface area contributed by atoms with Gasteiger partial charge in [0.1, 0.15) is 5.01 Å². The maximum absolute atomic E-state index is 11.4. The van der Waals surface area contributed by atoms with Crippen LogP contribution < -0.4 is 18.9 Å². The van der Waals surface area contributed by atoms with E-state index in [-0.39, 0.29) is 13.6 Å². The van der Waals surface area contributed by atoms with E-state index in [2.05, 4.69) is 17.6 Å². The molecule has 0 aliphatic carbocycles. The second-order valence-electron chi connectivity index (χ2n) is 6.11. The fraction of sp³-hybridized carbons (Fsp3) is 0.158. The standard InChI is InChI=1S/C19H13NO6S2/c21-19(22)16(27)18-20-15(9-1-3-11-13(5-9)25-7-23-11)17(28-18)10-2-4-12-14(6-10)26-8-24-12/h1-6,16,27H,7-8H2,(H,21,22). The van der Waals surface area contributed by atoms with Crippen LogP contribution >= 0.6 is 24.0 Å². The van der Waals surface area contributed by atoms with Crippen molar-refractivity contribution in [1.29, 1.82) is 0 Å². The van der Waals surface area contributed by atoms with Crippen LogP contribution in [0.5, 0.6) is 23.0 Å². The molecule has 5 rings (SSSR count). The van der Waals surface area contributed by atoms with Gasteiger partial charge in [0.05, 0.1) is 10.6 Å². The van der Waals surface area contributed by atoms with Crippen molar-refractivity contribution >= 4 is 29.9 Å². The molecule has 3 heterocycles. The molecule has 0 fully saturated rings. The van der Waals surface area contributed by atoms with Crippen LogP contribution in [0.15, 0.2) is 36.4 Å². The van der Waals surface area contributed by atoms with Crippen LogP contribution in [0.2, 0.25) is 0 Å². The Balaban J connectivity index is 1.66. The molecule has 0 saturated heterocycles. The molecule has 0 saturated carbocycles. The van der Waals surface area contributed by atoms with Crippen molar-refractivity contribution in [3.8, 4) is 44.7 Å². The normalized spacial score (nSPS) is 14.9. The molecule has 3 aromatic rings. The van der Waals surface area contributed by atoms with E-state index in [1.807, 2.05) is 36.4 Å². The molecule has 7 nitrogen and oxygen atoms in total. The number of aromatic nitrogens is 1. The van der Waals surface area contributed by atoms with E-state index in [4.69, 9.17) is 18.9 Å². The number of carboxylic acids is 1. The number of ether oxygens (including phenoxy) is 4. The Hall–Kier alpha value is -2.91. The minimum absolute atomic E-state index is 0.174. The number of benzene rings is 2. The van der Waals surface area contributed by atoms with Crippen molar-refractivity contribution in [2.75, 3.05) is 13.6 Å². The number of hydrogen-bond donors (Lipinski definition) is 2. The van der Waals surface area contributed by atoms with E-state index >= 15 is 0 Å². The lowest BCUT2D eigenvalue weighted by molar-refractivity contribution is -0.136. The average Bonchev–Trinajstić information content (AvgIpc) is 3.44. The van der Waals surface area contributed by atoms with Gasteiger partial charge in [0, 0.05) is 5.56 Å². The first-order chi connectivity index (χ1) is 13.6. The molecular formula is C19H13NO6S2. The molecule has 2 aliphatic rings. The smallest absolute Gasteiger partial charge is 0.323 e. The lowest BCUT2D eigenvalue weighted by atomic mass is 10.1. The van der Waals surface area contributed by atoms with Gasteiger partial charge in [-0.15, -0.1) is 11.3 Å². The lowest BCUT2D eigenvalue weighted by Crippen LogP contribution is -2.04. The molecule has 1 unspecified atom stereocenters. The lowest BCUT2D eigenvalue weighted by Gasteiger charge is -2.05. The van der Waals surface area contributed by atoms with Crippen LogP contribution in [-0.4, -0.2) is 29.6 Å². The summed E-state index contributed by atoms with van der Waals surface area (Å²) in [4.78, 5) is 16.8. The minimum atomic E-state index is -1.05. The van der Waals surface area contributed by atoms with Gasteiger partial charge in [-0.05, 0) is 42.0 Å². The molecule has 28 heavy (non-hydrogen) atoms. The molecule has 0 spiro atoms. The van der Waals surface area contributed by atoms with E-state index in [9.17, 15) is 9.90 Å². The number of rotatable bonds is 4. The van der Waals surface area contributed by atoms with Gasteiger partial charge in [0.2, 0.25) is 13.6 Å². The summed E-state index contributed by atoms with van der Waals surface area (Å²) < 4.78 is 21.7. The first kappa shape index (κ1) is 17.2.